The van der Waals surface area contributed by atoms with Crippen molar-refractivity contribution in [1.29, 1.82) is 0 Å². The topological polar surface area (TPSA) is 87.3 Å². The van der Waals surface area contributed by atoms with Gasteiger partial charge in [0.05, 0.1) is 4.90 Å². The predicted molar refractivity (Wildman–Crippen MR) is 116 cm³/mol. The molecule has 8 heteroatoms. The normalized spacial score (nSPS) is 11.2. The van der Waals surface area contributed by atoms with Crippen LogP contribution in [0.4, 0.5) is 5.69 Å². The van der Waals surface area contributed by atoms with Gasteiger partial charge in [-0.1, -0.05) is 35.9 Å². The van der Waals surface area contributed by atoms with E-state index < -0.39 is 10.0 Å². The summed E-state index contributed by atoms with van der Waals surface area (Å²) in [7, 11) is -3.58. The molecule has 0 saturated carbocycles. The van der Waals surface area contributed by atoms with Crippen molar-refractivity contribution in [2.24, 2.45) is 0 Å². The summed E-state index contributed by atoms with van der Waals surface area (Å²) in [5.74, 6) is -0.370. The molecular weight excluding hydrogens is 394 g/mol. The van der Waals surface area contributed by atoms with Gasteiger partial charge >= 0.3 is 0 Å². The van der Waals surface area contributed by atoms with E-state index in [9.17, 15) is 13.2 Å². The van der Waals surface area contributed by atoms with E-state index in [0.717, 1.165) is 11.1 Å². The number of nitrogens with one attached hydrogen (secondary N) is 3. The van der Waals surface area contributed by atoms with Crippen molar-refractivity contribution in [2.75, 3.05) is 11.9 Å². The lowest BCUT2D eigenvalue weighted by Crippen LogP contribution is -2.32. The van der Waals surface area contributed by atoms with E-state index in [0.29, 0.717) is 5.69 Å². The number of anilines is 1. The molecule has 0 aromatic heterocycles. The molecule has 0 radical (unpaired) electrons. The van der Waals surface area contributed by atoms with Gasteiger partial charge in [0.15, 0.2) is 5.11 Å². The minimum absolute atomic E-state index is 0.110. The van der Waals surface area contributed by atoms with Gasteiger partial charge in [-0.15, -0.1) is 6.58 Å². The molecule has 146 valence electrons. The number of hydrogen-bond donors (Lipinski definition) is 3. The van der Waals surface area contributed by atoms with Crippen LogP contribution in [0.1, 0.15) is 11.1 Å². The molecule has 0 saturated heterocycles. The van der Waals surface area contributed by atoms with Crippen molar-refractivity contribution >= 4 is 45.0 Å². The van der Waals surface area contributed by atoms with Crippen LogP contribution in [-0.4, -0.2) is 26.0 Å². The lowest BCUT2D eigenvalue weighted by Gasteiger charge is -2.09. The summed E-state index contributed by atoms with van der Waals surface area (Å²) in [6, 6.07) is 13.7. The van der Waals surface area contributed by atoms with E-state index >= 15 is 0 Å². The summed E-state index contributed by atoms with van der Waals surface area (Å²) in [5, 5.41) is 5.48. The molecule has 0 aliphatic carbocycles. The molecule has 0 unspecified atom stereocenters. The number of carbonyl (C=O) groups is 1. The first-order valence-corrected chi connectivity index (χ1v) is 10.3. The number of rotatable bonds is 7. The highest BCUT2D eigenvalue weighted by atomic mass is 32.2. The smallest absolute Gasteiger partial charge is 0.250 e. The number of amides is 1. The number of benzene rings is 2. The molecule has 0 aliphatic rings. The van der Waals surface area contributed by atoms with Gasteiger partial charge in [-0.05, 0) is 55.0 Å². The molecule has 1 amide bonds. The number of carbonyl (C=O) groups excluding carboxylic acids is 1. The van der Waals surface area contributed by atoms with Crippen LogP contribution in [0.25, 0.3) is 6.08 Å². The lowest BCUT2D eigenvalue weighted by molar-refractivity contribution is -0.115. The van der Waals surface area contributed by atoms with Gasteiger partial charge in [-0.3, -0.25) is 10.1 Å². The van der Waals surface area contributed by atoms with E-state index in [-0.39, 0.29) is 22.5 Å². The molecule has 2 aromatic carbocycles. The molecular formula is C20H21N3O3S2. The molecule has 0 heterocycles. The Balaban J connectivity index is 1.91. The first-order chi connectivity index (χ1) is 13.3. The maximum Gasteiger partial charge on any atom is 0.250 e. The Morgan fingerprint density at radius 2 is 1.75 bits per heavy atom. The van der Waals surface area contributed by atoms with Crippen molar-refractivity contribution in [3.05, 3.63) is 78.4 Å². The standard InChI is InChI=1S/C20H21N3O3S2/c1-3-14-21-28(25,26)18-11-9-17(10-12-18)22-20(27)23-19(24)13-8-16-6-4-15(2)5-7-16/h3-13,21H,1,14H2,2H3,(H2,22,23,24,27)/b13-8+. The maximum atomic E-state index is 12.0. The van der Waals surface area contributed by atoms with Gasteiger partial charge in [0.2, 0.25) is 15.9 Å². The summed E-state index contributed by atoms with van der Waals surface area (Å²) in [6.45, 7) is 5.61. The summed E-state index contributed by atoms with van der Waals surface area (Å²) in [5.41, 5.74) is 2.60. The molecule has 2 aromatic rings. The third kappa shape index (κ3) is 6.73. The van der Waals surface area contributed by atoms with Crippen LogP contribution in [-0.2, 0) is 14.8 Å². The molecule has 2 rings (SSSR count). The minimum atomic E-state index is -3.58. The van der Waals surface area contributed by atoms with Crippen molar-refractivity contribution in [1.82, 2.24) is 10.0 Å². The van der Waals surface area contributed by atoms with Gasteiger partial charge in [-0.25, -0.2) is 13.1 Å². The molecule has 0 atom stereocenters. The van der Waals surface area contributed by atoms with E-state index in [1.54, 1.807) is 18.2 Å². The van der Waals surface area contributed by atoms with Crippen molar-refractivity contribution < 1.29 is 13.2 Å². The van der Waals surface area contributed by atoms with Crippen LogP contribution in [0.15, 0.2) is 72.2 Å². The second-order valence-corrected chi connectivity index (χ2v) is 8.03. The third-order valence-electron chi connectivity index (χ3n) is 3.58. The van der Waals surface area contributed by atoms with Crippen LogP contribution in [0.5, 0.6) is 0 Å². The maximum absolute atomic E-state index is 12.0. The van der Waals surface area contributed by atoms with E-state index in [1.807, 2.05) is 31.2 Å². The number of hydrogen-bond acceptors (Lipinski definition) is 4. The van der Waals surface area contributed by atoms with Crippen LogP contribution < -0.4 is 15.4 Å². The van der Waals surface area contributed by atoms with Gasteiger partial charge < -0.3 is 5.32 Å². The fraction of sp³-hybridized carbons (Fsp3) is 0.100. The van der Waals surface area contributed by atoms with Crippen molar-refractivity contribution in [2.45, 2.75) is 11.8 Å². The van der Waals surface area contributed by atoms with Crippen LogP contribution in [0.2, 0.25) is 0 Å². The molecule has 0 spiro atoms. The Morgan fingerprint density at radius 3 is 2.36 bits per heavy atom. The quantitative estimate of drug-likeness (QED) is 0.368. The summed E-state index contributed by atoms with van der Waals surface area (Å²) in [4.78, 5) is 12.1. The molecule has 3 N–H and O–H groups in total. The number of thiocarbonyl (C=S) groups is 1. The molecule has 0 aliphatic heterocycles. The predicted octanol–water partition coefficient (Wildman–Crippen LogP) is 2.99. The molecule has 0 fully saturated rings. The average molecular weight is 416 g/mol. The fourth-order valence-electron chi connectivity index (χ4n) is 2.13. The van der Waals surface area contributed by atoms with E-state index in [1.165, 1.54) is 24.3 Å². The van der Waals surface area contributed by atoms with Crippen LogP contribution in [0.3, 0.4) is 0 Å². The van der Waals surface area contributed by atoms with E-state index in [2.05, 4.69) is 21.9 Å². The lowest BCUT2D eigenvalue weighted by atomic mass is 10.1. The van der Waals surface area contributed by atoms with Gasteiger partial charge in [0.1, 0.15) is 0 Å². The van der Waals surface area contributed by atoms with E-state index in [4.69, 9.17) is 12.2 Å². The van der Waals surface area contributed by atoms with Gasteiger partial charge in [0.25, 0.3) is 0 Å². The highest BCUT2D eigenvalue weighted by Gasteiger charge is 2.12. The SMILES string of the molecule is C=CCNS(=O)(=O)c1ccc(NC(=S)NC(=O)/C=C/c2ccc(C)cc2)cc1. The Hall–Kier alpha value is -2.81. The summed E-state index contributed by atoms with van der Waals surface area (Å²) in [6.07, 6.45) is 4.54. The second kappa shape index (κ2) is 9.93. The average Bonchev–Trinajstić information content (AvgIpc) is 2.66. The zero-order valence-corrected chi connectivity index (χ0v) is 16.9. The molecule has 28 heavy (non-hydrogen) atoms. The molecule has 6 nitrogen and oxygen atoms in total. The zero-order chi connectivity index (χ0) is 20.6. The minimum Gasteiger partial charge on any atom is -0.332 e. The van der Waals surface area contributed by atoms with Crippen molar-refractivity contribution in [3.8, 4) is 0 Å². The largest absolute Gasteiger partial charge is 0.332 e. The molecule has 0 bridgehead atoms. The monoisotopic (exact) mass is 415 g/mol. The first-order valence-electron chi connectivity index (χ1n) is 8.37. The number of aryl methyl sites for hydroxylation is 1. The third-order valence-corrected chi connectivity index (χ3v) is 5.23. The Labute approximate surface area is 170 Å². The van der Waals surface area contributed by atoms with Gasteiger partial charge in [-0.2, -0.15) is 0 Å². The number of sulfonamides is 1. The first kappa shape index (κ1) is 21.5. The van der Waals surface area contributed by atoms with Crippen LogP contribution in [0, 0.1) is 6.92 Å². The van der Waals surface area contributed by atoms with Gasteiger partial charge in [0, 0.05) is 18.3 Å². The highest BCUT2D eigenvalue weighted by Crippen LogP contribution is 2.14. The summed E-state index contributed by atoms with van der Waals surface area (Å²) >= 11 is 5.11. The Bertz CT molecular complexity index is 980. The fourth-order valence-corrected chi connectivity index (χ4v) is 3.35. The Morgan fingerprint density at radius 1 is 1.11 bits per heavy atom. The zero-order valence-electron chi connectivity index (χ0n) is 15.3. The Kier molecular flexibility index (Phi) is 7.62. The summed E-state index contributed by atoms with van der Waals surface area (Å²) < 4.78 is 26.4. The van der Waals surface area contributed by atoms with Crippen molar-refractivity contribution in [3.63, 3.8) is 0 Å². The van der Waals surface area contributed by atoms with Crippen LogP contribution >= 0.6 is 12.2 Å². The highest BCUT2D eigenvalue weighted by molar-refractivity contribution is 7.89. The second-order valence-electron chi connectivity index (χ2n) is 5.85.